The predicted octanol–water partition coefficient (Wildman–Crippen LogP) is 3.69. The predicted molar refractivity (Wildman–Crippen MR) is 94.8 cm³/mol. The molecule has 5 nitrogen and oxygen atoms in total. The van der Waals surface area contributed by atoms with Crippen LogP contribution in [0.4, 0.5) is 5.69 Å². The van der Waals surface area contributed by atoms with E-state index < -0.39 is 10.0 Å². The Kier molecular flexibility index (Phi) is 4.59. The van der Waals surface area contributed by atoms with Gasteiger partial charge in [-0.2, -0.15) is 5.10 Å². The van der Waals surface area contributed by atoms with E-state index in [0.717, 1.165) is 5.56 Å². The maximum absolute atomic E-state index is 12.7. The Hall–Kier alpha value is -2.31. The van der Waals surface area contributed by atoms with E-state index in [9.17, 15) is 8.42 Å². The lowest BCUT2D eigenvalue weighted by Crippen LogP contribution is -2.16. The largest absolute Gasteiger partial charge is 0.279 e. The molecule has 0 aliphatic carbocycles. The fraction of sp³-hybridized carbons (Fsp3) is 0.118. The third-order valence-corrected chi connectivity index (χ3v) is 5.34. The first-order valence-electron chi connectivity index (χ1n) is 7.30. The van der Waals surface area contributed by atoms with E-state index in [1.165, 1.54) is 6.07 Å². The molecule has 0 aliphatic heterocycles. The van der Waals surface area contributed by atoms with Crippen LogP contribution < -0.4 is 4.72 Å². The van der Waals surface area contributed by atoms with Crippen molar-refractivity contribution in [3.63, 3.8) is 0 Å². The average Bonchev–Trinajstić information content (AvgIpc) is 3.04. The van der Waals surface area contributed by atoms with Crippen LogP contribution in [0.1, 0.15) is 11.1 Å². The van der Waals surface area contributed by atoms with Crippen LogP contribution in [0.3, 0.4) is 0 Å². The minimum Gasteiger partial charge on any atom is -0.279 e. The van der Waals surface area contributed by atoms with Crippen LogP contribution in [0.2, 0.25) is 5.02 Å². The van der Waals surface area contributed by atoms with Gasteiger partial charge in [-0.05, 0) is 42.3 Å². The summed E-state index contributed by atoms with van der Waals surface area (Å²) >= 11 is 5.95. The summed E-state index contributed by atoms with van der Waals surface area (Å²) < 4.78 is 29.9. The van der Waals surface area contributed by atoms with Gasteiger partial charge in [0.05, 0.1) is 17.1 Å². The number of nitrogens with one attached hydrogen (secondary N) is 1. The number of halogens is 1. The van der Waals surface area contributed by atoms with Gasteiger partial charge >= 0.3 is 0 Å². The molecule has 24 heavy (non-hydrogen) atoms. The summed E-state index contributed by atoms with van der Waals surface area (Å²) in [6, 6.07) is 13.9. The number of hydrogen-bond acceptors (Lipinski definition) is 3. The number of nitrogens with zero attached hydrogens (tertiary/aromatic N) is 2. The molecule has 1 aromatic heterocycles. The number of benzene rings is 2. The summed E-state index contributed by atoms with van der Waals surface area (Å²) in [6.45, 7) is 2.21. The zero-order chi connectivity index (χ0) is 17.2. The molecule has 7 heteroatoms. The van der Waals surface area contributed by atoms with Gasteiger partial charge in [0, 0.05) is 17.4 Å². The van der Waals surface area contributed by atoms with Gasteiger partial charge in [0.1, 0.15) is 0 Å². The second kappa shape index (κ2) is 6.67. The number of anilines is 1. The Morgan fingerprint density at radius 1 is 1.17 bits per heavy atom. The lowest BCUT2D eigenvalue weighted by Gasteiger charge is -2.14. The molecule has 0 bridgehead atoms. The summed E-state index contributed by atoms with van der Waals surface area (Å²) in [7, 11) is -3.73. The molecule has 0 unspecified atom stereocenters. The second-order valence-electron chi connectivity index (χ2n) is 5.38. The summed E-state index contributed by atoms with van der Waals surface area (Å²) in [6.07, 6.45) is 3.51. The minimum atomic E-state index is -3.73. The van der Waals surface area contributed by atoms with Crippen LogP contribution in [0, 0.1) is 6.92 Å². The van der Waals surface area contributed by atoms with Crippen molar-refractivity contribution >= 4 is 27.3 Å². The number of aromatic nitrogens is 2. The molecule has 1 heterocycles. The highest BCUT2D eigenvalue weighted by Crippen LogP contribution is 2.25. The number of aryl methyl sites for hydroxylation is 1. The Bertz CT molecular complexity index is 954. The van der Waals surface area contributed by atoms with E-state index in [-0.39, 0.29) is 4.90 Å². The molecule has 0 fully saturated rings. The molecule has 2 aromatic carbocycles. The van der Waals surface area contributed by atoms with Crippen LogP contribution in [-0.4, -0.2) is 18.2 Å². The van der Waals surface area contributed by atoms with E-state index in [1.54, 1.807) is 42.1 Å². The molecule has 1 N–H and O–H groups in total. The van der Waals surface area contributed by atoms with Gasteiger partial charge < -0.3 is 0 Å². The van der Waals surface area contributed by atoms with Gasteiger partial charge in [-0.1, -0.05) is 35.9 Å². The highest BCUT2D eigenvalue weighted by molar-refractivity contribution is 7.92. The Morgan fingerprint density at radius 3 is 2.71 bits per heavy atom. The number of hydrogen-bond donors (Lipinski definition) is 1. The fourth-order valence-electron chi connectivity index (χ4n) is 2.39. The van der Waals surface area contributed by atoms with Crippen molar-refractivity contribution in [1.29, 1.82) is 0 Å². The molecule has 0 saturated heterocycles. The van der Waals surface area contributed by atoms with Crippen molar-refractivity contribution in [3.8, 4) is 0 Å². The van der Waals surface area contributed by atoms with Gasteiger partial charge in [0.25, 0.3) is 10.0 Å². The van der Waals surface area contributed by atoms with E-state index in [0.29, 0.717) is 22.8 Å². The van der Waals surface area contributed by atoms with Crippen molar-refractivity contribution in [2.75, 3.05) is 4.72 Å². The SMILES string of the molecule is Cc1ccc(Cl)cc1S(=O)(=O)Nc1ccccc1Cn1cccn1. The standard InChI is InChI=1S/C17H16ClN3O2S/c1-13-7-8-15(18)11-17(13)24(22,23)20-16-6-3-2-5-14(16)12-21-10-4-9-19-21/h2-11,20H,12H2,1H3. The summed E-state index contributed by atoms with van der Waals surface area (Å²) in [5.74, 6) is 0. The summed E-state index contributed by atoms with van der Waals surface area (Å²) in [5, 5.41) is 4.54. The minimum absolute atomic E-state index is 0.170. The van der Waals surface area contributed by atoms with Crippen LogP contribution in [0.25, 0.3) is 0 Å². The number of sulfonamides is 1. The molecular formula is C17H16ClN3O2S. The second-order valence-corrected chi connectivity index (χ2v) is 7.46. The zero-order valence-corrected chi connectivity index (χ0v) is 14.6. The maximum Gasteiger partial charge on any atom is 0.262 e. The smallest absolute Gasteiger partial charge is 0.262 e. The number of rotatable bonds is 5. The average molecular weight is 362 g/mol. The lowest BCUT2D eigenvalue weighted by molar-refractivity contribution is 0.600. The van der Waals surface area contributed by atoms with Gasteiger partial charge in [-0.3, -0.25) is 9.40 Å². The maximum atomic E-state index is 12.7. The normalized spacial score (nSPS) is 11.4. The first kappa shape index (κ1) is 16.5. The summed E-state index contributed by atoms with van der Waals surface area (Å²) in [4.78, 5) is 0.170. The number of para-hydroxylation sites is 1. The van der Waals surface area contributed by atoms with Crippen molar-refractivity contribution < 1.29 is 8.42 Å². The molecule has 0 amide bonds. The topological polar surface area (TPSA) is 64.0 Å². The lowest BCUT2D eigenvalue weighted by atomic mass is 10.2. The van der Waals surface area contributed by atoms with E-state index in [2.05, 4.69) is 9.82 Å². The molecule has 0 spiro atoms. The van der Waals surface area contributed by atoms with Crippen LogP contribution in [0.15, 0.2) is 65.8 Å². The van der Waals surface area contributed by atoms with Crippen molar-refractivity contribution in [2.45, 2.75) is 18.4 Å². The Balaban J connectivity index is 1.94. The van der Waals surface area contributed by atoms with Crippen LogP contribution >= 0.6 is 11.6 Å². The molecule has 3 rings (SSSR count). The van der Waals surface area contributed by atoms with Gasteiger partial charge in [0.2, 0.25) is 0 Å². The molecule has 0 radical (unpaired) electrons. The van der Waals surface area contributed by atoms with Crippen LogP contribution in [-0.2, 0) is 16.6 Å². The highest BCUT2D eigenvalue weighted by Gasteiger charge is 2.19. The first-order valence-corrected chi connectivity index (χ1v) is 9.16. The quantitative estimate of drug-likeness (QED) is 0.753. The van der Waals surface area contributed by atoms with Gasteiger partial charge in [-0.25, -0.2) is 8.42 Å². The monoisotopic (exact) mass is 361 g/mol. The first-order chi connectivity index (χ1) is 11.5. The van der Waals surface area contributed by atoms with E-state index in [1.807, 2.05) is 24.4 Å². The Labute approximate surface area is 145 Å². The molecule has 0 aliphatic rings. The molecule has 124 valence electrons. The Morgan fingerprint density at radius 2 is 1.96 bits per heavy atom. The molecule has 0 atom stereocenters. The third-order valence-electron chi connectivity index (χ3n) is 3.59. The van der Waals surface area contributed by atoms with Crippen molar-refractivity contribution in [2.24, 2.45) is 0 Å². The highest BCUT2D eigenvalue weighted by atomic mass is 35.5. The van der Waals surface area contributed by atoms with E-state index in [4.69, 9.17) is 11.6 Å². The summed E-state index contributed by atoms with van der Waals surface area (Å²) in [5.41, 5.74) is 1.98. The van der Waals surface area contributed by atoms with Gasteiger partial charge in [-0.15, -0.1) is 0 Å². The van der Waals surface area contributed by atoms with Gasteiger partial charge in [0.15, 0.2) is 0 Å². The van der Waals surface area contributed by atoms with E-state index >= 15 is 0 Å². The van der Waals surface area contributed by atoms with Crippen molar-refractivity contribution in [1.82, 2.24) is 9.78 Å². The molecule has 3 aromatic rings. The molecule has 0 saturated carbocycles. The fourth-order valence-corrected chi connectivity index (χ4v) is 4.00. The van der Waals surface area contributed by atoms with Crippen LogP contribution in [0.5, 0.6) is 0 Å². The molecular weight excluding hydrogens is 346 g/mol. The van der Waals surface area contributed by atoms with Crippen molar-refractivity contribution in [3.05, 3.63) is 77.1 Å². The third kappa shape index (κ3) is 3.60. The zero-order valence-electron chi connectivity index (χ0n) is 13.0.